The van der Waals surface area contributed by atoms with Crippen LogP contribution in [0.3, 0.4) is 0 Å². The number of benzene rings is 1. The Morgan fingerprint density at radius 3 is 2.44 bits per heavy atom. The maximum Gasteiger partial charge on any atom is 0.411 e. The van der Waals surface area contributed by atoms with E-state index >= 15 is 0 Å². The van der Waals surface area contributed by atoms with Crippen molar-refractivity contribution in [2.24, 2.45) is 5.41 Å². The van der Waals surface area contributed by atoms with Gasteiger partial charge >= 0.3 is 12.1 Å². The summed E-state index contributed by atoms with van der Waals surface area (Å²) >= 11 is 0. The molecule has 1 saturated carbocycles. The molecule has 1 aromatic rings. The van der Waals surface area contributed by atoms with Crippen LogP contribution in [0.4, 0.5) is 4.79 Å². The second-order valence-corrected chi connectivity index (χ2v) is 8.24. The third-order valence-corrected chi connectivity index (χ3v) is 4.97. The third-order valence-electron chi connectivity index (χ3n) is 4.97. The van der Waals surface area contributed by atoms with Crippen molar-refractivity contribution < 1.29 is 19.1 Å². The molecule has 1 spiro atoms. The van der Waals surface area contributed by atoms with Crippen LogP contribution < -0.4 is 0 Å². The zero-order valence-electron chi connectivity index (χ0n) is 15.3. The van der Waals surface area contributed by atoms with Gasteiger partial charge < -0.3 is 9.47 Å². The topological polar surface area (TPSA) is 55.8 Å². The van der Waals surface area contributed by atoms with Gasteiger partial charge in [0.15, 0.2) is 0 Å². The fraction of sp³-hybridized carbons (Fsp3) is 0.600. The monoisotopic (exact) mass is 345 g/mol. The van der Waals surface area contributed by atoms with Crippen LogP contribution >= 0.6 is 0 Å². The number of hydrogen-bond donors (Lipinski definition) is 0. The quantitative estimate of drug-likeness (QED) is 0.780. The molecule has 1 atom stereocenters. The normalized spacial score (nSPS) is 21.7. The van der Waals surface area contributed by atoms with E-state index in [1.165, 1.54) is 0 Å². The summed E-state index contributed by atoms with van der Waals surface area (Å²) in [7, 11) is 0. The van der Waals surface area contributed by atoms with E-state index in [0.29, 0.717) is 13.0 Å². The van der Waals surface area contributed by atoms with Crippen LogP contribution in [0, 0.1) is 5.41 Å². The van der Waals surface area contributed by atoms with Crippen LogP contribution in [0.25, 0.3) is 0 Å². The van der Waals surface area contributed by atoms with Crippen molar-refractivity contribution in [3.05, 3.63) is 35.9 Å². The van der Waals surface area contributed by atoms with Gasteiger partial charge in [-0.2, -0.15) is 0 Å². The Balaban J connectivity index is 1.67. The highest BCUT2D eigenvalue weighted by Gasteiger charge is 2.52. The first-order valence-corrected chi connectivity index (χ1v) is 8.98. The molecule has 2 aliphatic rings. The molecule has 0 radical (unpaired) electrons. The first-order valence-electron chi connectivity index (χ1n) is 8.98. The first-order chi connectivity index (χ1) is 11.8. The smallest absolute Gasteiger partial charge is 0.411 e. The van der Waals surface area contributed by atoms with Crippen molar-refractivity contribution in [3.8, 4) is 0 Å². The van der Waals surface area contributed by atoms with E-state index < -0.39 is 17.7 Å². The van der Waals surface area contributed by atoms with Gasteiger partial charge in [-0.25, -0.2) is 9.59 Å². The standard InChI is InChI=1S/C20H27NO4/c1-19(2,3)25-18(23)21-12-11-20(9-10-20)13-16(21)17(22)24-14-15-7-5-4-6-8-15/h4-8,16H,9-14H2,1-3H3/t16-/m0/s1. The van der Waals surface area contributed by atoms with Gasteiger partial charge in [0.25, 0.3) is 0 Å². The number of amides is 1. The predicted molar refractivity (Wildman–Crippen MR) is 93.9 cm³/mol. The number of hydrogen-bond acceptors (Lipinski definition) is 4. The molecule has 25 heavy (non-hydrogen) atoms. The molecule has 0 bridgehead atoms. The highest BCUT2D eigenvalue weighted by Crippen LogP contribution is 2.55. The van der Waals surface area contributed by atoms with Gasteiger partial charge in [0.2, 0.25) is 0 Å². The van der Waals surface area contributed by atoms with Gasteiger partial charge in [0, 0.05) is 6.54 Å². The van der Waals surface area contributed by atoms with E-state index in [1.807, 2.05) is 51.1 Å². The summed E-state index contributed by atoms with van der Waals surface area (Å²) in [5.74, 6) is -0.333. The van der Waals surface area contributed by atoms with Gasteiger partial charge in [-0.15, -0.1) is 0 Å². The number of piperidine rings is 1. The summed E-state index contributed by atoms with van der Waals surface area (Å²) in [5.41, 5.74) is 0.593. The average molecular weight is 345 g/mol. The maximum absolute atomic E-state index is 12.7. The Labute approximate surface area is 149 Å². The van der Waals surface area contributed by atoms with Crippen molar-refractivity contribution >= 4 is 12.1 Å². The number of ether oxygens (including phenoxy) is 2. The molecule has 1 heterocycles. The molecule has 3 rings (SSSR count). The Morgan fingerprint density at radius 1 is 1.16 bits per heavy atom. The third kappa shape index (κ3) is 4.53. The lowest BCUT2D eigenvalue weighted by molar-refractivity contribution is -0.153. The summed E-state index contributed by atoms with van der Waals surface area (Å²) in [6.07, 6.45) is 3.47. The molecule has 5 heteroatoms. The van der Waals surface area contributed by atoms with Gasteiger partial charge in [0.1, 0.15) is 18.2 Å². The maximum atomic E-state index is 12.7. The second-order valence-electron chi connectivity index (χ2n) is 8.24. The molecule has 0 N–H and O–H groups in total. The minimum atomic E-state index is -0.579. The summed E-state index contributed by atoms with van der Waals surface area (Å²) in [5, 5.41) is 0. The van der Waals surface area contributed by atoms with E-state index in [4.69, 9.17) is 9.47 Å². The molecular weight excluding hydrogens is 318 g/mol. The highest BCUT2D eigenvalue weighted by atomic mass is 16.6. The van der Waals surface area contributed by atoms with E-state index in [2.05, 4.69) is 0 Å². The minimum absolute atomic E-state index is 0.228. The Bertz CT molecular complexity index is 631. The molecular formula is C20H27NO4. The SMILES string of the molecule is CC(C)(C)OC(=O)N1CCC2(CC2)C[C@H]1C(=O)OCc1ccccc1. The van der Waals surface area contributed by atoms with E-state index in [1.54, 1.807) is 4.90 Å². The molecule has 2 fully saturated rings. The number of esters is 1. The number of rotatable bonds is 3. The zero-order valence-corrected chi connectivity index (χ0v) is 15.3. The van der Waals surface area contributed by atoms with Gasteiger partial charge in [-0.3, -0.25) is 4.90 Å². The van der Waals surface area contributed by atoms with Crippen LogP contribution in [-0.4, -0.2) is 35.2 Å². The predicted octanol–water partition coefficient (Wildman–Crippen LogP) is 3.91. The van der Waals surface area contributed by atoms with Crippen molar-refractivity contribution in [2.75, 3.05) is 6.54 Å². The highest BCUT2D eigenvalue weighted by molar-refractivity contribution is 5.82. The molecule has 5 nitrogen and oxygen atoms in total. The van der Waals surface area contributed by atoms with E-state index in [0.717, 1.165) is 24.8 Å². The zero-order chi connectivity index (χ0) is 18.1. The summed E-state index contributed by atoms with van der Waals surface area (Å²) in [6, 6.07) is 9.04. The second kappa shape index (κ2) is 6.70. The van der Waals surface area contributed by atoms with Crippen molar-refractivity contribution in [1.29, 1.82) is 0 Å². The van der Waals surface area contributed by atoms with Crippen LogP contribution in [0.2, 0.25) is 0 Å². The number of carbonyl (C=O) groups excluding carboxylic acids is 2. The number of carbonyl (C=O) groups is 2. The van der Waals surface area contributed by atoms with Crippen LogP contribution in [0.1, 0.15) is 52.0 Å². The Kier molecular flexibility index (Phi) is 4.76. The molecule has 0 unspecified atom stereocenters. The van der Waals surface area contributed by atoms with Crippen molar-refractivity contribution in [2.45, 2.75) is 64.7 Å². The lowest BCUT2D eigenvalue weighted by Crippen LogP contribution is -2.52. The fourth-order valence-corrected chi connectivity index (χ4v) is 3.34. The largest absolute Gasteiger partial charge is 0.459 e. The van der Waals surface area contributed by atoms with Gasteiger partial charge in [-0.1, -0.05) is 30.3 Å². The molecule has 1 saturated heterocycles. The summed E-state index contributed by atoms with van der Waals surface area (Å²) < 4.78 is 11.0. The molecule has 1 aromatic carbocycles. The molecule has 1 aliphatic carbocycles. The lowest BCUT2D eigenvalue weighted by atomic mass is 9.88. The first kappa shape index (κ1) is 17.8. The van der Waals surface area contributed by atoms with E-state index in [-0.39, 0.29) is 18.0 Å². The van der Waals surface area contributed by atoms with E-state index in [9.17, 15) is 9.59 Å². The summed E-state index contributed by atoms with van der Waals surface area (Å²) in [6.45, 7) is 6.28. The van der Waals surface area contributed by atoms with Gasteiger partial charge in [0.05, 0.1) is 0 Å². The number of likely N-dealkylation sites (tertiary alicyclic amines) is 1. The number of nitrogens with zero attached hydrogens (tertiary/aromatic N) is 1. The Morgan fingerprint density at radius 2 is 1.84 bits per heavy atom. The Hall–Kier alpha value is -2.04. The van der Waals surface area contributed by atoms with Crippen LogP contribution in [0.15, 0.2) is 30.3 Å². The summed E-state index contributed by atoms with van der Waals surface area (Å²) in [4.78, 5) is 26.8. The molecule has 1 amide bonds. The average Bonchev–Trinajstić information content (AvgIpc) is 3.30. The van der Waals surface area contributed by atoms with Crippen LogP contribution in [0.5, 0.6) is 0 Å². The minimum Gasteiger partial charge on any atom is -0.459 e. The molecule has 1 aliphatic heterocycles. The van der Waals surface area contributed by atoms with Crippen molar-refractivity contribution in [1.82, 2.24) is 4.90 Å². The van der Waals surface area contributed by atoms with Gasteiger partial charge in [-0.05, 0) is 57.4 Å². The fourth-order valence-electron chi connectivity index (χ4n) is 3.34. The van der Waals surface area contributed by atoms with Crippen molar-refractivity contribution in [3.63, 3.8) is 0 Å². The lowest BCUT2D eigenvalue weighted by Gasteiger charge is -2.38. The molecule has 136 valence electrons. The molecule has 0 aromatic heterocycles. The van der Waals surface area contributed by atoms with Crippen LogP contribution in [-0.2, 0) is 20.9 Å².